The summed E-state index contributed by atoms with van der Waals surface area (Å²) in [5, 5.41) is 7.31. The molecule has 4 rings (SSSR count). The maximum absolute atomic E-state index is 11.4. The molecule has 4 aromatic rings. The Morgan fingerprint density at radius 1 is 0.472 bits per heavy atom. The van der Waals surface area contributed by atoms with E-state index in [1.54, 1.807) is 12.1 Å². The van der Waals surface area contributed by atoms with Gasteiger partial charge in [-0.2, -0.15) is 0 Å². The first-order valence-electron chi connectivity index (χ1n) is 10.9. The van der Waals surface area contributed by atoms with E-state index in [9.17, 15) is 9.59 Å². The summed E-state index contributed by atoms with van der Waals surface area (Å²) in [6, 6.07) is 36.1. The van der Waals surface area contributed by atoms with Crippen LogP contribution < -0.4 is 32.6 Å². The fourth-order valence-electron chi connectivity index (χ4n) is 2.60. The van der Waals surface area contributed by atoms with Crippen LogP contribution in [0.3, 0.4) is 0 Å². The molecule has 0 atom stereocenters. The molecule has 182 valence electrons. The zero-order valence-corrected chi connectivity index (χ0v) is 19.3. The van der Waals surface area contributed by atoms with Crippen LogP contribution in [0.25, 0.3) is 0 Å². The van der Waals surface area contributed by atoms with E-state index in [1.165, 1.54) is 0 Å². The molecular formula is C26H26N8O2. The van der Waals surface area contributed by atoms with Crippen molar-refractivity contribution in [1.29, 1.82) is 0 Å². The number of carbonyl (C=O) groups excluding carboxylic acids is 2. The van der Waals surface area contributed by atoms with Gasteiger partial charge in [-0.05, 0) is 48.5 Å². The summed E-state index contributed by atoms with van der Waals surface area (Å²) in [4.78, 5) is 22.8. The van der Waals surface area contributed by atoms with Gasteiger partial charge in [-0.15, -0.1) is 5.11 Å². The van der Waals surface area contributed by atoms with Crippen molar-refractivity contribution < 1.29 is 9.59 Å². The minimum absolute atomic E-state index is 0.372. The summed E-state index contributed by atoms with van der Waals surface area (Å²) in [7, 11) is 0. The Kier molecular flexibility index (Phi) is 10.3. The van der Waals surface area contributed by atoms with Gasteiger partial charge in [-0.25, -0.2) is 15.0 Å². The van der Waals surface area contributed by atoms with Crippen LogP contribution in [0.5, 0.6) is 0 Å². The Labute approximate surface area is 208 Å². The first-order valence-corrected chi connectivity index (χ1v) is 10.9. The zero-order valence-electron chi connectivity index (χ0n) is 19.3. The van der Waals surface area contributed by atoms with Crippen molar-refractivity contribution in [2.24, 2.45) is 10.2 Å². The fraction of sp³-hybridized carbons (Fsp3) is 0. The van der Waals surface area contributed by atoms with Crippen LogP contribution >= 0.6 is 0 Å². The minimum atomic E-state index is -0.553. The van der Waals surface area contributed by atoms with Crippen molar-refractivity contribution in [2.75, 3.05) is 16.3 Å². The highest BCUT2D eigenvalue weighted by Crippen LogP contribution is 2.10. The molecule has 0 aliphatic heterocycles. The second-order valence-electron chi connectivity index (χ2n) is 7.02. The molecule has 4 amide bonds. The molecule has 0 aliphatic carbocycles. The molecule has 10 nitrogen and oxygen atoms in total. The third-order valence-corrected chi connectivity index (χ3v) is 4.29. The van der Waals surface area contributed by atoms with Gasteiger partial charge >= 0.3 is 12.1 Å². The van der Waals surface area contributed by atoms with Gasteiger partial charge in [0.2, 0.25) is 0 Å². The first-order chi connectivity index (χ1) is 17.7. The van der Waals surface area contributed by atoms with Crippen molar-refractivity contribution in [3.63, 3.8) is 0 Å². The van der Waals surface area contributed by atoms with E-state index in [4.69, 9.17) is 0 Å². The summed E-state index contributed by atoms with van der Waals surface area (Å²) in [5.41, 5.74) is 18.8. The van der Waals surface area contributed by atoms with E-state index in [0.29, 0.717) is 5.69 Å². The quantitative estimate of drug-likeness (QED) is 0.145. The zero-order chi connectivity index (χ0) is 25.3. The third-order valence-electron chi connectivity index (χ3n) is 4.29. The lowest BCUT2D eigenvalue weighted by atomic mass is 10.3. The van der Waals surface area contributed by atoms with E-state index in [-0.39, 0.29) is 6.03 Å². The van der Waals surface area contributed by atoms with Crippen LogP contribution in [0.15, 0.2) is 132 Å². The molecule has 0 saturated carbocycles. The number of rotatable bonds is 7. The molecule has 0 aliphatic rings. The molecule has 0 unspecified atom stereocenters. The molecule has 0 heterocycles. The second-order valence-corrected chi connectivity index (χ2v) is 7.02. The number of amides is 4. The summed E-state index contributed by atoms with van der Waals surface area (Å²) in [5.74, 6) is 0. The molecule has 0 fully saturated rings. The van der Waals surface area contributed by atoms with Crippen LogP contribution in [0.4, 0.5) is 32.3 Å². The van der Waals surface area contributed by atoms with Crippen LogP contribution in [-0.4, -0.2) is 12.1 Å². The lowest BCUT2D eigenvalue weighted by Gasteiger charge is -2.11. The standard InChI is InChI=1S/C13H14N4O.C13H12N4O/c2*18-13(16-14-11-7-3-1-4-8-11)17-15-12-9-5-2-6-10-12/h1-10,14-15H,(H2,16,17,18);1-10,14H,(H,16,18). The number of nitrogens with zero attached hydrogens (tertiary/aromatic N) is 2. The van der Waals surface area contributed by atoms with Crippen LogP contribution in [0.2, 0.25) is 0 Å². The Bertz CT molecular complexity index is 1160. The first kappa shape index (κ1) is 25.2. The van der Waals surface area contributed by atoms with Crippen molar-refractivity contribution >= 4 is 34.8 Å². The lowest BCUT2D eigenvalue weighted by Crippen LogP contribution is -2.41. The number of anilines is 3. The Morgan fingerprint density at radius 2 is 0.833 bits per heavy atom. The summed E-state index contributed by atoms with van der Waals surface area (Å²) in [6.45, 7) is 0. The van der Waals surface area contributed by atoms with Gasteiger partial charge in [0, 0.05) is 0 Å². The van der Waals surface area contributed by atoms with E-state index in [2.05, 4.69) is 42.8 Å². The average Bonchev–Trinajstić information content (AvgIpc) is 2.95. The topological polar surface area (TPSA) is 131 Å². The molecule has 10 heteroatoms. The van der Waals surface area contributed by atoms with E-state index >= 15 is 0 Å². The number of carbonyl (C=O) groups is 2. The number of benzene rings is 4. The van der Waals surface area contributed by atoms with Gasteiger partial charge < -0.3 is 0 Å². The predicted molar refractivity (Wildman–Crippen MR) is 141 cm³/mol. The highest BCUT2D eigenvalue weighted by molar-refractivity contribution is 5.77. The van der Waals surface area contributed by atoms with Crippen LogP contribution in [0, 0.1) is 0 Å². The van der Waals surface area contributed by atoms with Crippen molar-refractivity contribution in [3.05, 3.63) is 121 Å². The smallest absolute Gasteiger partial charge is 0.297 e. The van der Waals surface area contributed by atoms with Gasteiger partial charge in [0.1, 0.15) is 0 Å². The van der Waals surface area contributed by atoms with Gasteiger partial charge in [0.05, 0.1) is 22.7 Å². The van der Waals surface area contributed by atoms with Gasteiger partial charge in [0.15, 0.2) is 0 Å². The minimum Gasteiger partial charge on any atom is -0.297 e. The van der Waals surface area contributed by atoms with E-state index < -0.39 is 6.03 Å². The van der Waals surface area contributed by atoms with Crippen LogP contribution in [0.1, 0.15) is 0 Å². The number of azo groups is 1. The molecule has 6 N–H and O–H groups in total. The van der Waals surface area contributed by atoms with E-state index in [0.717, 1.165) is 17.1 Å². The molecule has 0 bridgehead atoms. The van der Waals surface area contributed by atoms with E-state index in [1.807, 2.05) is 109 Å². The van der Waals surface area contributed by atoms with Crippen LogP contribution in [-0.2, 0) is 0 Å². The predicted octanol–water partition coefficient (Wildman–Crippen LogP) is 5.85. The number of nitrogens with one attached hydrogen (secondary N) is 6. The number of para-hydroxylation sites is 3. The van der Waals surface area contributed by atoms with Crippen molar-refractivity contribution in [2.45, 2.75) is 0 Å². The van der Waals surface area contributed by atoms with Gasteiger partial charge in [0.25, 0.3) is 0 Å². The number of urea groups is 2. The SMILES string of the molecule is O=C(N=Nc1ccccc1)NNc1ccccc1.O=C(NNc1ccccc1)NNc1ccccc1. The fourth-order valence-corrected chi connectivity index (χ4v) is 2.60. The monoisotopic (exact) mass is 482 g/mol. The Morgan fingerprint density at radius 3 is 1.25 bits per heavy atom. The average molecular weight is 483 g/mol. The molecule has 0 aromatic heterocycles. The molecule has 0 radical (unpaired) electrons. The molecule has 0 saturated heterocycles. The number of hydrogen-bond donors (Lipinski definition) is 6. The van der Waals surface area contributed by atoms with Gasteiger partial charge in [-0.1, -0.05) is 77.9 Å². The maximum Gasteiger partial charge on any atom is 0.378 e. The molecule has 36 heavy (non-hydrogen) atoms. The summed E-state index contributed by atoms with van der Waals surface area (Å²) in [6.07, 6.45) is 0. The van der Waals surface area contributed by atoms with Crippen molar-refractivity contribution in [3.8, 4) is 0 Å². The lowest BCUT2D eigenvalue weighted by molar-refractivity contribution is 0.244. The Hall–Kier alpha value is -5.38. The maximum atomic E-state index is 11.4. The number of hydrazine groups is 3. The molecule has 0 spiro atoms. The second kappa shape index (κ2) is 14.7. The molecule has 4 aromatic carbocycles. The normalized spacial score (nSPS) is 9.78. The third kappa shape index (κ3) is 10.0. The molecular weight excluding hydrogens is 456 g/mol. The number of hydrogen-bond acceptors (Lipinski definition) is 6. The summed E-state index contributed by atoms with van der Waals surface area (Å²) < 4.78 is 0. The van der Waals surface area contributed by atoms with Gasteiger partial charge in [-0.3, -0.25) is 27.1 Å². The highest BCUT2D eigenvalue weighted by atomic mass is 16.2. The Balaban J connectivity index is 0.000000201. The summed E-state index contributed by atoms with van der Waals surface area (Å²) >= 11 is 0. The highest BCUT2D eigenvalue weighted by Gasteiger charge is 1.98. The largest absolute Gasteiger partial charge is 0.378 e. The van der Waals surface area contributed by atoms with Crippen molar-refractivity contribution in [1.82, 2.24) is 16.3 Å².